The minimum Gasteiger partial charge on any atom is -0.465 e. The van der Waals surface area contributed by atoms with Gasteiger partial charge in [0.15, 0.2) is 5.16 Å². The van der Waals surface area contributed by atoms with Crippen molar-refractivity contribution < 1.29 is 14.3 Å². The molecule has 0 bridgehead atoms. The number of esters is 1. The molecule has 0 atom stereocenters. The number of hydrogen-bond acceptors (Lipinski definition) is 7. The Morgan fingerprint density at radius 3 is 2.69 bits per heavy atom. The van der Waals surface area contributed by atoms with Gasteiger partial charge < -0.3 is 14.6 Å². The first kappa shape index (κ1) is 22.8. The van der Waals surface area contributed by atoms with E-state index in [-0.39, 0.29) is 11.7 Å². The number of halogens is 1. The predicted molar refractivity (Wildman–Crippen MR) is 128 cm³/mol. The highest BCUT2D eigenvalue weighted by molar-refractivity contribution is 7.99. The van der Waals surface area contributed by atoms with Crippen molar-refractivity contribution >= 4 is 51.6 Å². The standard InChI is InChI=1S/C22H23ClN4O3S2/c1-3-10-27-19(14-4-5-14)25-26-22(27)32-12-17(28)24-20-18(21(29)30-2)16(11-31-20)13-6-8-15(23)9-7-13/h6-9,11,14H,3-5,10,12H2,1-2H3,(H,24,28). The number of hydrogen-bond donors (Lipinski definition) is 1. The van der Waals surface area contributed by atoms with E-state index in [9.17, 15) is 9.59 Å². The van der Waals surface area contributed by atoms with E-state index < -0.39 is 5.97 Å². The van der Waals surface area contributed by atoms with Crippen LogP contribution in [0.4, 0.5) is 5.00 Å². The van der Waals surface area contributed by atoms with E-state index in [2.05, 4.69) is 27.0 Å². The van der Waals surface area contributed by atoms with Crippen LogP contribution >= 0.6 is 34.7 Å². The van der Waals surface area contributed by atoms with Gasteiger partial charge in [0.2, 0.25) is 5.91 Å². The van der Waals surface area contributed by atoms with Crippen LogP contribution in [0, 0.1) is 0 Å². The molecule has 1 aliphatic rings. The zero-order chi connectivity index (χ0) is 22.7. The zero-order valence-corrected chi connectivity index (χ0v) is 20.1. The van der Waals surface area contributed by atoms with E-state index in [1.165, 1.54) is 30.2 Å². The van der Waals surface area contributed by atoms with Gasteiger partial charge in [-0.15, -0.1) is 21.5 Å². The molecule has 7 nitrogen and oxygen atoms in total. The van der Waals surface area contributed by atoms with Crippen molar-refractivity contribution in [2.24, 2.45) is 0 Å². The number of aromatic nitrogens is 3. The van der Waals surface area contributed by atoms with Crippen molar-refractivity contribution in [3.63, 3.8) is 0 Å². The molecule has 0 saturated heterocycles. The Kier molecular flexibility index (Phi) is 7.17. The molecule has 32 heavy (non-hydrogen) atoms. The average Bonchev–Trinajstić information content (AvgIpc) is 3.43. The zero-order valence-electron chi connectivity index (χ0n) is 17.8. The first-order valence-corrected chi connectivity index (χ1v) is 12.6. The van der Waals surface area contributed by atoms with Gasteiger partial charge in [0.05, 0.1) is 12.9 Å². The molecule has 1 N–H and O–H groups in total. The Morgan fingerprint density at radius 2 is 2.03 bits per heavy atom. The number of amides is 1. The molecule has 1 aromatic carbocycles. The molecule has 2 heterocycles. The highest BCUT2D eigenvalue weighted by atomic mass is 35.5. The SMILES string of the molecule is CCCn1c(SCC(=O)Nc2scc(-c3ccc(Cl)cc3)c2C(=O)OC)nnc1C1CC1. The number of nitrogens with one attached hydrogen (secondary N) is 1. The normalized spacial score (nSPS) is 13.2. The molecule has 3 aromatic rings. The summed E-state index contributed by atoms with van der Waals surface area (Å²) in [5.74, 6) is 0.965. The number of carbonyl (C=O) groups excluding carboxylic acids is 2. The molecule has 0 aliphatic heterocycles. The maximum atomic E-state index is 12.7. The van der Waals surface area contributed by atoms with Crippen LogP contribution in [0.3, 0.4) is 0 Å². The predicted octanol–water partition coefficient (Wildman–Crippen LogP) is 5.46. The van der Waals surface area contributed by atoms with Gasteiger partial charge in [0.1, 0.15) is 16.4 Å². The van der Waals surface area contributed by atoms with E-state index in [4.69, 9.17) is 16.3 Å². The molecule has 1 amide bonds. The van der Waals surface area contributed by atoms with Gasteiger partial charge in [-0.2, -0.15) is 0 Å². The Hall–Kier alpha value is -2.36. The molecule has 0 spiro atoms. The number of thioether (sulfide) groups is 1. The molecule has 1 saturated carbocycles. The van der Waals surface area contributed by atoms with Crippen molar-refractivity contribution in [1.29, 1.82) is 0 Å². The lowest BCUT2D eigenvalue weighted by atomic mass is 10.0. The van der Waals surface area contributed by atoms with Crippen LogP contribution in [0.25, 0.3) is 11.1 Å². The molecule has 1 fully saturated rings. The van der Waals surface area contributed by atoms with E-state index in [1.807, 2.05) is 17.5 Å². The third-order valence-electron chi connectivity index (χ3n) is 5.06. The van der Waals surface area contributed by atoms with E-state index in [0.717, 1.165) is 42.4 Å². The number of benzene rings is 1. The molecular formula is C22H23ClN4O3S2. The molecule has 0 unspecified atom stereocenters. The van der Waals surface area contributed by atoms with Crippen LogP contribution in [-0.2, 0) is 16.1 Å². The summed E-state index contributed by atoms with van der Waals surface area (Å²) in [6.45, 7) is 2.95. The fraction of sp³-hybridized carbons (Fsp3) is 0.364. The number of anilines is 1. The quantitative estimate of drug-likeness (QED) is 0.316. The van der Waals surface area contributed by atoms with Crippen molar-refractivity contribution in [3.8, 4) is 11.1 Å². The molecular weight excluding hydrogens is 468 g/mol. The summed E-state index contributed by atoms with van der Waals surface area (Å²) in [6, 6.07) is 7.17. The number of nitrogens with zero attached hydrogens (tertiary/aromatic N) is 3. The second-order valence-corrected chi connectivity index (χ2v) is 9.71. The van der Waals surface area contributed by atoms with Gasteiger partial charge in [-0.25, -0.2) is 4.79 Å². The summed E-state index contributed by atoms with van der Waals surface area (Å²) < 4.78 is 7.09. The van der Waals surface area contributed by atoms with Gasteiger partial charge in [0, 0.05) is 28.4 Å². The Bertz CT molecular complexity index is 1120. The van der Waals surface area contributed by atoms with E-state index in [0.29, 0.717) is 27.1 Å². The molecule has 168 valence electrons. The minimum absolute atomic E-state index is 0.168. The van der Waals surface area contributed by atoms with Gasteiger partial charge in [-0.05, 0) is 37.0 Å². The monoisotopic (exact) mass is 490 g/mol. The highest BCUT2D eigenvalue weighted by Crippen LogP contribution is 2.40. The molecule has 4 rings (SSSR count). The highest BCUT2D eigenvalue weighted by Gasteiger charge is 2.30. The Morgan fingerprint density at radius 1 is 1.28 bits per heavy atom. The van der Waals surface area contributed by atoms with Crippen molar-refractivity contribution in [2.75, 3.05) is 18.2 Å². The maximum absolute atomic E-state index is 12.7. The summed E-state index contributed by atoms with van der Waals surface area (Å²) in [7, 11) is 1.32. The number of rotatable bonds is 9. The van der Waals surface area contributed by atoms with Gasteiger partial charge in [-0.1, -0.05) is 42.4 Å². The van der Waals surface area contributed by atoms with Crippen LogP contribution in [-0.4, -0.2) is 39.5 Å². The lowest BCUT2D eigenvalue weighted by Gasteiger charge is -2.09. The topological polar surface area (TPSA) is 86.1 Å². The second kappa shape index (κ2) is 10.1. The fourth-order valence-electron chi connectivity index (χ4n) is 3.37. The van der Waals surface area contributed by atoms with Crippen molar-refractivity contribution in [2.45, 2.75) is 43.8 Å². The van der Waals surface area contributed by atoms with Crippen molar-refractivity contribution in [1.82, 2.24) is 14.8 Å². The summed E-state index contributed by atoms with van der Waals surface area (Å²) in [5.41, 5.74) is 1.85. The van der Waals surface area contributed by atoms with E-state index >= 15 is 0 Å². The van der Waals surface area contributed by atoms with Crippen molar-refractivity contribution in [3.05, 3.63) is 46.1 Å². The first-order valence-electron chi connectivity index (χ1n) is 10.3. The van der Waals surface area contributed by atoms with E-state index in [1.54, 1.807) is 12.1 Å². The Labute approximate surface area is 199 Å². The lowest BCUT2D eigenvalue weighted by Crippen LogP contribution is -2.16. The molecule has 0 radical (unpaired) electrons. The van der Waals surface area contributed by atoms with Crippen LogP contribution in [0.2, 0.25) is 5.02 Å². The van der Waals surface area contributed by atoms with Gasteiger partial charge in [0.25, 0.3) is 0 Å². The van der Waals surface area contributed by atoms with Gasteiger partial charge in [-0.3, -0.25) is 4.79 Å². The summed E-state index contributed by atoms with van der Waals surface area (Å²) in [4.78, 5) is 25.2. The summed E-state index contributed by atoms with van der Waals surface area (Å²) >= 11 is 8.63. The number of ether oxygens (including phenoxy) is 1. The first-order chi connectivity index (χ1) is 15.5. The maximum Gasteiger partial charge on any atom is 0.341 e. The fourth-order valence-corrected chi connectivity index (χ4v) is 5.24. The smallest absolute Gasteiger partial charge is 0.341 e. The minimum atomic E-state index is -0.504. The largest absolute Gasteiger partial charge is 0.465 e. The third-order valence-corrected chi connectivity index (χ3v) is 7.17. The second-order valence-electron chi connectivity index (χ2n) is 7.46. The Balaban J connectivity index is 1.49. The molecule has 2 aromatic heterocycles. The van der Waals surface area contributed by atoms with Crippen LogP contribution in [0.1, 0.15) is 48.3 Å². The molecule has 10 heteroatoms. The average molecular weight is 491 g/mol. The summed E-state index contributed by atoms with van der Waals surface area (Å²) in [6.07, 6.45) is 3.28. The van der Waals surface area contributed by atoms with Crippen LogP contribution in [0.5, 0.6) is 0 Å². The number of thiophene rings is 1. The van der Waals surface area contributed by atoms with Crippen LogP contribution < -0.4 is 5.32 Å². The summed E-state index contributed by atoms with van der Waals surface area (Å²) in [5, 5.41) is 15.2. The van der Waals surface area contributed by atoms with Gasteiger partial charge >= 0.3 is 5.97 Å². The molecule has 1 aliphatic carbocycles. The van der Waals surface area contributed by atoms with Crippen LogP contribution in [0.15, 0.2) is 34.8 Å². The third kappa shape index (κ3) is 5.00. The lowest BCUT2D eigenvalue weighted by molar-refractivity contribution is -0.113. The number of methoxy groups -OCH3 is 1. The number of carbonyl (C=O) groups is 2.